The van der Waals surface area contributed by atoms with Gasteiger partial charge in [0, 0.05) is 42.8 Å². The molecule has 9 nitrogen and oxygen atoms in total. The normalized spacial score (nSPS) is 15.2. The van der Waals surface area contributed by atoms with E-state index in [0.29, 0.717) is 29.0 Å². The summed E-state index contributed by atoms with van der Waals surface area (Å²) in [6.45, 7) is 3.58. The fraction of sp³-hybridized carbons (Fsp3) is 0.300. The van der Waals surface area contributed by atoms with E-state index in [1.807, 2.05) is 0 Å². The second-order valence-corrected chi connectivity index (χ2v) is 9.17. The average molecular weight is 430 g/mol. The molecule has 0 saturated heterocycles. The Morgan fingerprint density at radius 1 is 1.20 bits per heavy atom. The van der Waals surface area contributed by atoms with Crippen molar-refractivity contribution in [1.82, 2.24) is 14.8 Å². The second-order valence-electron chi connectivity index (χ2n) is 7.23. The van der Waals surface area contributed by atoms with Crippen LogP contribution in [0.4, 0.5) is 0 Å². The Morgan fingerprint density at radius 2 is 1.83 bits per heavy atom. The van der Waals surface area contributed by atoms with E-state index in [0.717, 1.165) is 5.69 Å². The van der Waals surface area contributed by atoms with Crippen molar-refractivity contribution in [2.45, 2.75) is 37.6 Å². The third-order valence-corrected chi connectivity index (χ3v) is 6.94. The second kappa shape index (κ2) is 8.42. The van der Waals surface area contributed by atoms with E-state index in [4.69, 9.17) is 16.0 Å². The number of carbonyl (C=O) groups is 1. The van der Waals surface area contributed by atoms with E-state index in [-0.39, 0.29) is 23.5 Å². The Morgan fingerprint density at radius 3 is 2.40 bits per heavy atom. The summed E-state index contributed by atoms with van der Waals surface area (Å²) in [6.07, 6.45) is 1.76. The summed E-state index contributed by atoms with van der Waals surface area (Å²) < 4.78 is 27.6. The highest BCUT2D eigenvalue weighted by atomic mass is 32.2. The van der Waals surface area contributed by atoms with E-state index < -0.39 is 21.8 Å². The van der Waals surface area contributed by atoms with Gasteiger partial charge in [0.1, 0.15) is 0 Å². The number of hydrogen-bond donors (Lipinski definition) is 4. The maximum atomic E-state index is 13.1. The van der Waals surface area contributed by atoms with Gasteiger partial charge in [0.05, 0.1) is 16.4 Å². The van der Waals surface area contributed by atoms with Gasteiger partial charge in [0.2, 0.25) is 10.0 Å². The molecule has 0 aliphatic carbocycles. The molecule has 4 N–H and O–H groups in total. The van der Waals surface area contributed by atoms with Crippen molar-refractivity contribution in [1.29, 1.82) is 10.8 Å². The number of pyridine rings is 1. The molecule has 3 rings (SSSR count). The number of carbonyl (C=O) groups excluding carboxylic acids is 1. The highest BCUT2D eigenvalue weighted by Crippen LogP contribution is 2.26. The summed E-state index contributed by atoms with van der Waals surface area (Å²) in [5.41, 5.74) is 4.36. The van der Waals surface area contributed by atoms with Crippen LogP contribution in [0, 0.1) is 10.8 Å². The lowest BCUT2D eigenvalue weighted by Gasteiger charge is -2.28. The average Bonchev–Trinajstić information content (AvgIpc) is 2.72. The Bertz CT molecular complexity index is 1100. The monoisotopic (exact) mass is 429 g/mol. The molecule has 0 unspecified atom stereocenters. The molecule has 1 aliphatic heterocycles. The van der Waals surface area contributed by atoms with Gasteiger partial charge in [0.25, 0.3) is 5.91 Å². The van der Waals surface area contributed by atoms with Gasteiger partial charge in [-0.05, 0) is 43.2 Å². The molecular formula is C20H23N5O4S. The topological polar surface area (TPSA) is 147 Å². The third kappa shape index (κ3) is 4.16. The minimum Gasteiger partial charge on any atom is -0.309 e. The van der Waals surface area contributed by atoms with Crippen molar-refractivity contribution >= 4 is 27.4 Å². The molecule has 0 bridgehead atoms. The number of hydrogen-bond acceptors (Lipinski definition) is 7. The van der Waals surface area contributed by atoms with Crippen molar-refractivity contribution in [2.75, 3.05) is 6.54 Å². The van der Waals surface area contributed by atoms with Gasteiger partial charge >= 0.3 is 0 Å². The molecule has 2 aromatic rings. The maximum absolute atomic E-state index is 13.1. The lowest BCUT2D eigenvalue weighted by molar-refractivity contribution is 0.0705. The number of nitrogens with one attached hydrogen (secondary N) is 3. The van der Waals surface area contributed by atoms with Crippen molar-refractivity contribution < 1.29 is 18.4 Å². The lowest BCUT2D eigenvalue weighted by Crippen LogP contribution is -2.36. The number of hydroxylamine groups is 1. The van der Waals surface area contributed by atoms with Gasteiger partial charge in [-0.25, -0.2) is 13.9 Å². The molecule has 158 valence electrons. The number of fused-ring (bicyclic) bond motifs is 1. The maximum Gasteiger partial charge on any atom is 0.276 e. The summed E-state index contributed by atoms with van der Waals surface area (Å²) in [7, 11) is -3.78. The highest BCUT2D eigenvalue weighted by molar-refractivity contribution is 7.89. The summed E-state index contributed by atoms with van der Waals surface area (Å²) in [5.74, 6) is -1.18. The zero-order chi connectivity index (χ0) is 22.1. The van der Waals surface area contributed by atoms with Crippen LogP contribution in [0.1, 0.15) is 46.9 Å². The number of amides is 1. The first-order valence-corrected chi connectivity index (χ1v) is 10.7. The van der Waals surface area contributed by atoms with Gasteiger partial charge in [-0.2, -0.15) is 4.31 Å². The largest absolute Gasteiger partial charge is 0.309 e. The molecule has 1 aromatic carbocycles. The Balaban J connectivity index is 1.87. The van der Waals surface area contributed by atoms with Crippen molar-refractivity contribution in [3.8, 4) is 0 Å². The summed E-state index contributed by atoms with van der Waals surface area (Å²) in [5, 5.41) is 24.5. The minimum absolute atomic E-state index is 0.0702. The number of benzene rings is 1. The molecule has 0 radical (unpaired) electrons. The number of sulfonamides is 1. The standard InChI is InChI=1S/C20H23N5O4S/c1-12(21)19(13(2)22)14-3-5-17(6-4-14)30(28,29)25-8-7-18-16(11-25)9-15(10-23-18)20(26)24-27/h3-6,9-10,19,21-22,27H,7-8,11H2,1-2H3,(H,24,26). The minimum atomic E-state index is -3.78. The van der Waals surface area contributed by atoms with Crippen LogP contribution in [0.25, 0.3) is 0 Å². The van der Waals surface area contributed by atoms with Crippen LogP contribution in [-0.2, 0) is 23.0 Å². The Hall–Kier alpha value is -2.95. The number of nitrogens with zero attached hydrogens (tertiary/aromatic N) is 2. The Kier molecular flexibility index (Phi) is 6.11. The molecular weight excluding hydrogens is 406 g/mol. The van der Waals surface area contributed by atoms with Gasteiger partial charge in [0.15, 0.2) is 0 Å². The molecule has 0 spiro atoms. The SMILES string of the molecule is CC(=N)C(C(C)=N)c1ccc(S(=O)(=O)N2CCc3ncc(C(=O)NO)cc3C2)cc1. The van der Waals surface area contributed by atoms with E-state index >= 15 is 0 Å². The van der Waals surface area contributed by atoms with Crippen molar-refractivity contribution in [3.63, 3.8) is 0 Å². The van der Waals surface area contributed by atoms with Crippen LogP contribution in [0.5, 0.6) is 0 Å². The summed E-state index contributed by atoms with van der Waals surface area (Å²) in [6, 6.07) is 7.79. The zero-order valence-corrected chi connectivity index (χ0v) is 17.5. The molecule has 0 fully saturated rings. The van der Waals surface area contributed by atoms with E-state index in [1.54, 1.807) is 31.5 Å². The fourth-order valence-corrected chi connectivity index (χ4v) is 5.02. The highest BCUT2D eigenvalue weighted by Gasteiger charge is 2.29. The number of aromatic nitrogens is 1. The first kappa shape index (κ1) is 21.8. The molecule has 10 heteroatoms. The van der Waals surface area contributed by atoms with Crippen LogP contribution in [0.3, 0.4) is 0 Å². The third-order valence-electron chi connectivity index (χ3n) is 5.09. The lowest BCUT2D eigenvalue weighted by atomic mass is 9.91. The molecule has 1 amide bonds. The molecule has 2 heterocycles. The van der Waals surface area contributed by atoms with Crippen molar-refractivity contribution in [3.05, 3.63) is 58.9 Å². The Labute approximate surface area is 174 Å². The fourth-order valence-electron chi connectivity index (χ4n) is 3.60. The molecule has 0 atom stereocenters. The molecule has 0 saturated carbocycles. The first-order valence-electron chi connectivity index (χ1n) is 9.27. The predicted octanol–water partition coefficient (Wildman–Crippen LogP) is 2.11. The van der Waals surface area contributed by atoms with Crippen LogP contribution in [0.2, 0.25) is 0 Å². The van der Waals surface area contributed by atoms with E-state index in [1.165, 1.54) is 28.7 Å². The van der Waals surface area contributed by atoms with Crippen molar-refractivity contribution in [2.24, 2.45) is 0 Å². The van der Waals surface area contributed by atoms with Gasteiger partial charge in [-0.15, -0.1) is 0 Å². The first-order chi connectivity index (χ1) is 14.1. The van der Waals surface area contributed by atoms with E-state index in [9.17, 15) is 13.2 Å². The predicted molar refractivity (Wildman–Crippen MR) is 111 cm³/mol. The van der Waals surface area contributed by atoms with Crippen LogP contribution < -0.4 is 5.48 Å². The molecule has 1 aliphatic rings. The molecule has 30 heavy (non-hydrogen) atoms. The summed E-state index contributed by atoms with van der Waals surface area (Å²) in [4.78, 5) is 15.9. The zero-order valence-electron chi connectivity index (χ0n) is 16.6. The van der Waals surface area contributed by atoms with Crippen LogP contribution in [0.15, 0.2) is 41.4 Å². The summed E-state index contributed by atoms with van der Waals surface area (Å²) >= 11 is 0. The molecule has 1 aromatic heterocycles. The smallest absolute Gasteiger partial charge is 0.276 e. The van der Waals surface area contributed by atoms with Crippen LogP contribution >= 0.6 is 0 Å². The van der Waals surface area contributed by atoms with Crippen LogP contribution in [-0.4, -0.2) is 46.8 Å². The number of rotatable bonds is 6. The van der Waals surface area contributed by atoms with Gasteiger partial charge in [-0.3, -0.25) is 15.0 Å². The van der Waals surface area contributed by atoms with Gasteiger partial charge < -0.3 is 10.8 Å². The van der Waals surface area contributed by atoms with E-state index in [2.05, 4.69) is 4.98 Å². The quantitative estimate of drug-likeness (QED) is 0.315. The van der Waals surface area contributed by atoms with Gasteiger partial charge in [-0.1, -0.05) is 12.1 Å².